The lowest BCUT2D eigenvalue weighted by Crippen LogP contribution is -2.43. The number of hydrogen-bond acceptors (Lipinski definition) is 5. The number of hydrogen-bond donors (Lipinski definition) is 1. The fraction of sp³-hybridized carbons (Fsp3) is 0.400. The van der Waals surface area contributed by atoms with Crippen LogP contribution in [0, 0.1) is 0 Å². The zero-order valence-corrected chi connectivity index (χ0v) is 17.9. The van der Waals surface area contributed by atoms with Crippen LogP contribution in [0.4, 0.5) is 0 Å². The van der Waals surface area contributed by atoms with Crippen molar-refractivity contribution in [2.24, 2.45) is 0 Å². The Morgan fingerprint density at radius 3 is 2.50 bits per heavy atom. The average Bonchev–Trinajstić information content (AvgIpc) is 3.13. The lowest BCUT2D eigenvalue weighted by atomic mass is 9.95. The molecule has 0 aliphatic carbocycles. The van der Waals surface area contributed by atoms with Crippen molar-refractivity contribution < 1.29 is 19.1 Å². The van der Waals surface area contributed by atoms with E-state index in [-0.39, 0.29) is 12.4 Å². The van der Waals surface area contributed by atoms with Crippen LogP contribution in [-0.2, 0) is 11.3 Å². The van der Waals surface area contributed by atoms with Crippen LogP contribution in [-0.4, -0.2) is 34.7 Å². The summed E-state index contributed by atoms with van der Waals surface area (Å²) in [6, 6.07) is 13.8. The van der Waals surface area contributed by atoms with E-state index in [0.717, 1.165) is 24.0 Å². The highest BCUT2D eigenvalue weighted by Gasteiger charge is 2.30. The first kappa shape index (κ1) is 20.5. The molecular weight excluding hydrogens is 378 g/mol. The van der Waals surface area contributed by atoms with Crippen LogP contribution in [0.3, 0.4) is 0 Å². The number of aromatic hydroxyl groups is 1. The number of nitrogens with zero attached hydrogens (tertiary/aromatic N) is 1. The Morgan fingerprint density at radius 1 is 1.13 bits per heavy atom. The molecule has 0 unspecified atom stereocenters. The van der Waals surface area contributed by atoms with Gasteiger partial charge in [-0.25, -0.2) is 4.79 Å². The third kappa shape index (κ3) is 3.70. The van der Waals surface area contributed by atoms with Gasteiger partial charge in [0.1, 0.15) is 22.7 Å². The Kier molecular flexibility index (Phi) is 5.82. The summed E-state index contributed by atoms with van der Waals surface area (Å²) < 4.78 is 11.6. The number of fused-ring (bicyclic) bond motifs is 1. The maximum Gasteiger partial charge on any atom is 0.342 e. The number of carbonyl (C=O) groups excluding carboxylic acids is 1. The summed E-state index contributed by atoms with van der Waals surface area (Å²) in [4.78, 5) is 15.4. The molecule has 1 fully saturated rings. The maximum absolute atomic E-state index is 13.0. The molecule has 0 amide bonds. The first-order chi connectivity index (χ1) is 14.5. The number of phenols is 1. The normalized spacial score (nSPS) is 19.8. The lowest BCUT2D eigenvalue weighted by Gasteiger charge is -2.39. The standard InChI is InChI=1S/C25H29NO4/c1-4-29-25(28)23-22-19(15-26-16(2)9-8-10-17(26)3)20(27)13-14-21(22)30-24(23)18-11-6-5-7-12-18/h5-7,11-14,16-17,27H,4,8-10,15H2,1-3H3/t16-,17-/m0/s1. The van der Waals surface area contributed by atoms with Gasteiger partial charge in [0.15, 0.2) is 0 Å². The van der Waals surface area contributed by atoms with Crippen molar-refractivity contribution in [1.29, 1.82) is 0 Å². The predicted octanol–water partition coefficient (Wildman–Crippen LogP) is 5.75. The summed E-state index contributed by atoms with van der Waals surface area (Å²) in [5.74, 6) is 0.232. The van der Waals surface area contributed by atoms with Gasteiger partial charge in [-0.2, -0.15) is 0 Å². The van der Waals surface area contributed by atoms with Gasteiger partial charge in [-0.05, 0) is 45.7 Å². The summed E-state index contributed by atoms with van der Waals surface area (Å²) in [6.45, 7) is 7.07. The third-order valence-corrected chi connectivity index (χ3v) is 6.17. The van der Waals surface area contributed by atoms with E-state index in [2.05, 4.69) is 18.7 Å². The van der Waals surface area contributed by atoms with E-state index in [0.29, 0.717) is 40.9 Å². The number of benzene rings is 2. The minimum Gasteiger partial charge on any atom is -0.508 e. The number of rotatable bonds is 5. The zero-order valence-electron chi connectivity index (χ0n) is 17.9. The maximum atomic E-state index is 13.0. The molecule has 158 valence electrons. The second-order valence-corrected chi connectivity index (χ2v) is 8.13. The van der Waals surface area contributed by atoms with E-state index < -0.39 is 5.97 Å². The molecule has 1 N–H and O–H groups in total. The molecule has 30 heavy (non-hydrogen) atoms. The molecule has 5 nitrogen and oxygen atoms in total. The van der Waals surface area contributed by atoms with Gasteiger partial charge in [0.25, 0.3) is 0 Å². The van der Waals surface area contributed by atoms with Gasteiger partial charge in [0.05, 0.1) is 6.61 Å². The Balaban J connectivity index is 1.91. The van der Waals surface area contributed by atoms with E-state index in [1.165, 1.54) is 6.42 Å². The van der Waals surface area contributed by atoms with Crippen molar-refractivity contribution in [2.75, 3.05) is 6.61 Å². The SMILES string of the molecule is CCOC(=O)c1c(-c2ccccc2)oc2ccc(O)c(CN3[C@@H](C)CCC[C@@H]3C)c12. The smallest absolute Gasteiger partial charge is 0.342 e. The zero-order chi connectivity index (χ0) is 21.3. The van der Waals surface area contributed by atoms with Gasteiger partial charge in [-0.1, -0.05) is 36.8 Å². The van der Waals surface area contributed by atoms with Crippen molar-refractivity contribution in [1.82, 2.24) is 4.90 Å². The van der Waals surface area contributed by atoms with Crippen LogP contribution in [0.5, 0.6) is 5.75 Å². The van der Waals surface area contributed by atoms with Crippen molar-refractivity contribution in [3.8, 4) is 17.1 Å². The molecule has 3 aromatic rings. The van der Waals surface area contributed by atoms with Crippen LogP contribution in [0.15, 0.2) is 46.9 Å². The fourth-order valence-electron chi connectivity index (χ4n) is 4.57. The van der Waals surface area contributed by atoms with E-state index >= 15 is 0 Å². The summed E-state index contributed by atoms with van der Waals surface area (Å²) in [6.07, 6.45) is 3.48. The summed E-state index contributed by atoms with van der Waals surface area (Å²) in [5, 5.41) is 11.5. The minimum absolute atomic E-state index is 0.179. The molecule has 4 rings (SSSR count). The minimum atomic E-state index is -0.429. The monoisotopic (exact) mass is 407 g/mol. The molecule has 1 saturated heterocycles. The highest BCUT2D eigenvalue weighted by Crippen LogP contribution is 2.40. The molecule has 2 heterocycles. The van der Waals surface area contributed by atoms with Gasteiger partial charge >= 0.3 is 5.97 Å². The number of ether oxygens (including phenoxy) is 1. The number of esters is 1. The molecule has 2 atom stereocenters. The van der Waals surface area contributed by atoms with Gasteiger partial charge in [-0.15, -0.1) is 0 Å². The lowest BCUT2D eigenvalue weighted by molar-refractivity contribution is 0.0528. The van der Waals surface area contributed by atoms with Crippen molar-refractivity contribution in [3.05, 3.63) is 53.6 Å². The van der Waals surface area contributed by atoms with E-state index in [9.17, 15) is 9.90 Å². The van der Waals surface area contributed by atoms with Crippen molar-refractivity contribution >= 4 is 16.9 Å². The van der Waals surface area contributed by atoms with Crippen LogP contribution >= 0.6 is 0 Å². The topological polar surface area (TPSA) is 62.9 Å². The molecule has 1 aromatic heterocycles. The second-order valence-electron chi connectivity index (χ2n) is 8.13. The van der Waals surface area contributed by atoms with Crippen molar-refractivity contribution in [2.45, 2.75) is 58.7 Å². The number of likely N-dealkylation sites (tertiary alicyclic amines) is 1. The molecule has 5 heteroatoms. The van der Waals surface area contributed by atoms with Crippen LogP contribution in [0.25, 0.3) is 22.3 Å². The average molecular weight is 408 g/mol. The Hall–Kier alpha value is -2.79. The van der Waals surface area contributed by atoms with Gasteiger partial charge in [0, 0.05) is 35.1 Å². The Bertz CT molecular complexity index is 1030. The van der Waals surface area contributed by atoms with Crippen molar-refractivity contribution in [3.63, 3.8) is 0 Å². The second kappa shape index (κ2) is 8.52. The molecule has 0 radical (unpaired) electrons. The first-order valence-corrected chi connectivity index (χ1v) is 10.8. The van der Waals surface area contributed by atoms with Gasteiger partial charge < -0.3 is 14.3 Å². The van der Waals surface area contributed by atoms with Gasteiger partial charge in [0.2, 0.25) is 0 Å². The van der Waals surface area contributed by atoms with E-state index in [1.807, 2.05) is 30.3 Å². The molecule has 2 aromatic carbocycles. The number of carbonyl (C=O) groups is 1. The molecule has 0 bridgehead atoms. The largest absolute Gasteiger partial charge is 0.508 e. The van der Waals surface area contributed by atoms with Crippen LogP contribution in [0.1, 0.15) is 56.0 Å². The Labute approximate surface area is 177 Å². The quantitative estimate of drug-likeness (QED) is 0.546. The van der Waals surface area contributed by atoms with E-state index in [4.69, 9.17) is 9.15 Å². The number of piperidine rings is 1. The molecule has 0 spiro atoms. The fourth-order valence-corrected chi connectivity index (χ4v) is 4.57. The summed E-state index contributed by atoms with van der Waals surface area (Å²) in [5.41, 5.74) is 2.51. The third-order valence-electron chi connectivity index (χ3n) is 6.17. The van der Waals surface area contributed by atoms with E-state index in [1.54, 1.807) is 19.1 Å². The summed E-state index contributed by atoms with van der Waals surface area (Å²) >= 11 is 0. The molecular formula is C25H29NO4. The molecule has 1 aliphatic rings. The number of phenolic OH excluding ortho intramolecular Hbond substituents is 1. The highest BCUT2D eigenvalue weighted by molar-refractivity contribution is 6.10. The predicted molar refractivity (Wildman–Crippen MR) is 118 cm³/mol. The Morgan fingerprint density at radius 2 is 1.83 bits per heavy atom. The first-order valence-electron chi connectivity index (χ1n) is 10.8. The van der Waals surface area contributed by atoms with Gasteiger partial charge in [-0.3, -0.25) is 4.90 Å². The number of furan rings is 1. The highest BCUT2D eigenvalue weighted by atomic mass is 16.5. The van der Waals surface area contributed by atoms with Crippen LogP contribution < -0.4 is 0 Å². The molecule has 0 saturated carbocycles. The molecule has 1 aliphatic heterocycles. The van der Waals surface area contributed by atoms with Crippen LogP contribution in [0.2, 0.25) is 0 Å². The summed E-state index contributed by atoms with van der Waals surface area (Å²) in [7, 11) is 0.